The zero-order valence-electron chi connectivity index (χ0n) is 15.2. The van der Waals surface area contributed by atoms with Gasteiger partial charge in [-0.2, -0.15) is 13.2 Å². The van der Waals surface area contributed by atoms with Crippen LogP contribution in [0.2, 0.25) is 0 Å². The molecule has 0 radical (unpaired) electrons. The van der Waals surface area contributed by atoms with Gasteiger partial charge >= 0.3 is 6.18 Å². The van der Waals surface area contributed by atoms with Gasteiger partial charge in [-0.05, 0) is 24.6 Å². The quantitative estimate of drug-likeness (QED) is 0.714. The molecule has 3 aromatic heterocycles. The van der Waals surface area contributed by atoms with Gasteiger partial charge in [0.25, 0.3) is 0 Å². The van der Waals surface area contributed by atoms with Gasteiger partial charge in [-0.1, -0.05) is 0 Å². The Bertz CT molecular complexity index is 975. The standard InChI is InChI=1S/C19H20F3N5S/c20-19(21,22)7-14-6-15-16(24-12-25-17(15)28-14)27-5-3-18(11-27)9-26(10-18)8-13-2-1-4-23-13/h1-2,4,6,12,23H,3,5,7-11H2. The fraction of sp³-hybridized carbons (Fsp3) is 0.474. The predicted molar refractivity (Wildman–Crippen MR) is 103 cm³/mol. The average Bonchev–Trinajstić information content (AvgIpc) is 3.31. The van der Waals surface area contributed by atoms with Crippen LogP contribution in [0.5, 0.6) is 0 Å². The van der Waals surface area contributed by atoms with Gasteiger partial charge in [0.1, 0.15) is 17.0 Å². The fourth-order valence-electron chi connectivity index (χ4n) is 4.52. The number of hydrogen-bond donors (Lipinski definition) is 1. The van der Waals surface area contributed by atoms with Crippen molar-refractivity contribution in [1.82, 2.24) is 19.9 Å². The first-order valence-corrected chi connectivity index (χ1v) is 10.1. The van der Waals surface area contributed by atoms with Crippen LogP contribution in [-0.2, 0) is 13.0 Å². The first-order valence-electron chi connectivity index (χ1n) is 9.29. The molecule has 2 aliphatic rings. The summed E-state index contributed by atoms with van der Waals surface area (Å²) in [6.45, 7) is 4.79. The topological polar surface area (TPSA) is 48.0 Å². The molecule has 9 heteroatoms. The Hall–Kier alpha value is -2.13. The normalized spacial score (nSPS) is 19.6. The van der Waals surface area contributed by atoms with E-state index in [4.69, 9.17) is 0 Å². The highest BCUT2D eigenvalue weighted by Crippen LogP contribution is 2.43. The minimum absolute atomic E-state index is 0.259. The molecular weight excluding hydrogens is 387 g/mol. The van der Waals surface area contributed by atoms with Crippen LogP contribution in [0.25, 0.3) is 10.2 Å². The lowest BCUT2D eigenvalue weighted by Gasteiger charge is -2.48. The molecule has 0 saturated carbocycles. The third kappa shape index (κ3) is 3.37. The number of rotatable bonds is 4. The minimum Gasteiger partial charge on any atom is -0.364 e. The molecule has 0 aliphatic carbocycles. The van der Waals surface area contributed by atoms with Crippen LogP contribution in [0, 0.1) is 5.41 Å². The van der Waals surface area contributed by atoms with E-state index in [1.807, 2.05) is 12.3 Å². The highest BCUT2D eigenvalue weighted by Gasteiger charge is 2.48. The minimum atomic E-state index is -4.21. The first kappa shape index (κ1) is 17.9. The second-order valence-electron chi connectivity index (χ2n) is 7.93. The van der Waals surface area contributed by atoms with Gasteiger partial charge < -0.3 is 9.88 Å². The summed E-state index contributed by atoms with van der Waals surface area (Å²) in [6.07, 6.45) is -0.629. The Kier molecular flexibility index (Phi) is 4.13. The summed E-state index contributed by atoms with van der Waals surface area (Å²) < 4.78 is 38.3. The van der Waals surface area contributed by atoms with E-state index < -0.39 is 12.6 Å². The van der Waals surface area contributed by atoms with Gasteiger partial charge in [-0.3, -0.25) is 4.90 Å². The van der Waals surface area contributed by atoms with Crippen LogP contribution >= 0.6 is 11.3 Å². The number of alkyl halides is 3. The summed E-state index contributed by atoms with van der Waals surface area (Å²) in [4.78, 5) is 17.4. The molecule has 2 saturated heterocycles. The number of likely N-dealkylation sites (tertiary alicyclic amines) is 1. The van der Waals surface area contributed by atoms with Crippen molar-refractivity contribution in [2.24, 2.45) is 5.41 Å². The maximum Gasteiger partial charge on any atom is 0.393 e. The van der Waals surface area contributed by atoms with E-state index in [0.717, 1.165) is 61.7 Å². The predicted octanol–water partition coefficient (Wildman–Crippen LogP) is 3.84. The second kappa shape index (κ2) is 6.45. The Balaban J connectivity index is 1.30. The van der Waals surface area contributed by atoms with Crippen LogP contribution in [0.3, 0.4) is 0 Å². The largest absolute Gasteiger partial charge is 0.393 e. The molecule has 1 spiro atoms. The van der Waals surface area contributed by atoms with Gasteiger partial charge in [0.2, 0.25) is 0 Å². The van der Waals surface area contributed by atoms with Crippen molar-refractivity contribution in [3.63, 3.8) is 0 Å². The molecule has 5 rings (SSSR count). The molecule has 0 aromatic carbocycles. The Labute approximate surface area is 164 Å². The molecule has 148 valence electrons. The van der Waals surface area contributed by atoms with E-state index in [-0.39, 0.29) is 5.41 Å². The summed E-state index contributed by atoms with van der Waals surface area (Å²) >= 11 is 1.11. The average molecular weight is 407 g/mol. The van der Waals surface area contributed by atoms with E-state index in [9.17, 15) is 13.2 Å². The number of fused-ring (bicyclic) bond motifs is 1. The summed E-state index contributed by atoms with van der Waals surface area (Å²) in [6, 6.07) is 5.72. The fourth-order valence-corrected chi connectivity index (χ4v) is 5.55. The summed E-state index contributed by atoms with van der Waals surface area (Å²) in [5, 5.41) is 0.742. The van der Waals surface area contributed by atoms with E-state index in [2.05, 4.69) is 30.8 Å². The summed E-state index contributed by atoms with van der Waals surface area (Å²) in [5.41, 5.74) is 1.48. The number of thiophene rings is 1. The smallest absolute Gasteiger partial charge is 0.364 e. The van der Waals surface area contributed by atoms with Gasteiger partial charge in [-0.15, -0.1) is 11.3 Å². The lowest BCUT2D eigenvalue weighted by molar-refractivity contribution is -0.126. The molecule has 2 aliphatic heterocycles. The number of nitrogens with one attached hydrogen (secondary N) is 1. The van der Waals surface area contributed by atoms with Crippen molar-refractivity contribution >= 4 is 27.4 Å². The molecule has 0 unspecified atom stereocenters. The SMILES string of the molecule is FC(F)(F)Cc1cc2c(N3CCC4(CN(Cc5ccc[nH]5)C4)C3)ncnc2s1. The van der Waals surface area contributed by atoms with Crippen molar-refractivity contribution in [3.05, 3.63) is 41.3 Å². The van der Waals surface area contributed by atoms with Gasteiger partial charge in [0.05, 0.1) is 11.8 Å². The number of H-pyrrole nitrogens is 1. The summed E-state index contributed by atoms with van der Waals surface area (Å²) in [5.74, 6) is 0.773. The van der Waals surface area contributed by atoms with Gasteiger partial charge in [-0.25, -0.2) is 9.97 Å². The lowest BCUT2D eigenvalue weighted by Crippen LogP contribution is -2.56. The van der Waals surface area contributed by atoms with E-state index in [0.29, 0.717) is 9.71 Å². The van der Waals surface area contributed by atoms with Crippen molar-refractivity contribution in [3.8, 4) is 0 Å². The Morgan fingerprint density at radius 3 is 2.82 bits per heavy atom. The number of halogens is 3. The molecular formula is C19H20F3N5S. The molecule has 1 N–H and O–H groups in total. The number of aromatic nitrogens is 3. The van der Waals surface area contributed by atoms with E-state index in [1.54, 1.807) is 6.07 Å². The van der Waals surface area contributed by atoms with Crippen LogP contribution in [-0.4, -0.2) is 52.2 Å². The lowest BCUT2D eigenvalue weighted by atomic mass is 9.79. The molecule has 5 heterocycles. The van der Waals surface area contributed by atoms with Crippen molar-refractivity contribution < 1.29 is 13.2 Å². The van der Waals surface area contributed by atoms with Crippen LogP contribution in [0.4, 0.5) is 19.0 Å². The van der Waals surface area contributed by atoms with E-state index in [1.165, 1.54) is 12.0 Å². The molecule has 28 heavy (non-hydrogen) atoms. The third-order valence-electron chi connectivity index (χ3n) is 5.65. The maximum absolute atomic E-state index is 12.8. The van der Waals surface area contributed by atoms with Crippen LogP contribution in [0.15, 0.2) is 30.7 Å². The zero-order chi connectivity index (χ0) is 19.4. The van der Waals surface area contributed by atoms with E-state index >= 15 is 0 Å². The molecule has 0 amide bonds. The molecule has 5 nitrogen and oxygen atoms in total. The second-order valence-corrected chi connectivity index (χ2v) is 9.05. The highest BCUT2D eigenvalue weighted by atomic mass is 32.1. The zero-order valence-corrected chi connectivity index (χ0v) is 16.0. The van der Waals surface area contributed by atoms with Crippen molar-refractivity contribution in [2.75, 3.05) is 31.1 Å². The molecule has 0 bridgehead atoms. The van der Waals surface area contributed by atoms with Crippen LogP contribution < -0.4 is 4.90 Å². The third-order valence-corrected chi connectivity index (χ3v) is 6.69. The van der Waals surface area contributed by atoms with Gasteiger partial charge in [0.15, 0.2) is 0 Å². The maximum atomic E-state index is 12.8. The number of anilines is 1. The molecule has 0 atom stereocenters. The molecule has 3 aromatic rings. The first-order chi connectivity index (χ1) is 13.4. The van der Waals surface area contributed by atoms with Gasteiger partial charge in [0, 0.05) is 54.9 Å². The molecule has 2 fully saturated rings. The number of aromatic amines is 1. The Morgan fingerprint density at radius 1 is 1.21 bits per heavy atom. The Morgan fingerprint density at radius 2 is 2.07 bits per heavy atom. The van der Waals surface area contributed by atoms with Crippen molar-refractivity contribution in [1.29, 1.82) is 0 Å². The summed E-state index contributed by atoms with van der Waals surface area (Å²) in [7, 11) is 0. The monoisotopic (exact) mass is 407 g/mol. The van der Waals surface area contributed by atoms with Crippen molar-refractivity contribution in [2.45, 2.75) is 25.6 Å². The number of nitrogens with zero attached hydrogens (tertiary/aromatic N) is 4. The highest BCUT2D eigenvalue weighted by molar-refractivity contribution is 7.18. The number of hydrogen-bond acceptors (Lipinski definition) is 5. The van der Waals surface area contributed by atoms with Crippen LogP contribution in [0.1, 0.15) is 17.0 Å².